The highest BCUT2D eigenvalue weighted by Crippen LogP contribution is 2.37. The van der Waals surface area contributed by atoms with Gasteiger partial charge in [-0.25, -0.2) is 4.98 Å². The summed E-state index contributed by atoms with van der Waals surface area (Å²) in [6.07, 6.45) is 0.569. The molecule has 1 aromatic heterocycles. The molecule has 8 heteroatoms. The van der Waals surface area contributed by atoms with E-state index in [-0.39, 0.29) is 18.4 Å². The first-order valence-electron chi connectivity index (χ1n) is 10.4. The van der Waals surface area contributed by atoms with Crippen molar-refractivity contribution < 1.29 is 23.7 Å². The van der Waals surface area contributed by atoms with Crippen molar-refractivity contribution in [3.63, 3.8) is 0 Å². The molecular formula is C24H29N3O5. The fraction of sp³-hybridized carbons (Fsp3) is 0.458. The topological polar surface area (TPSA) is 103 Å². The van der Waals surface area contributed by atoms with Crippen molar-refractivity contribution >= 4 is 11.6 Å². The molecular weight excluding hydrogens is 410 g/mol. The zero-order chi connectivity index (χ0) is 23.5. The third-order valence-electron chi connectivity index (χ3n) is 5.30. The van der Waals surface area contributed by atoms with Crippen molar-refractivity contribution in [3.05, 3.63) is 40.6 Å². The minimum Gasteiger partial charge on any atom is -0.497 e. The lowest BCUT2D eigenvalue weighted by molar-refractivity contribution is -0.118. The van der Waals surface area contributed by atoms with Crippen molar-refractivity contribution in [2.24, 2.45) is 0 Å². The molecule has 0 aliphatic carbocycles. The van der Waals surface area contributed by atoms with Crippen LogP contribution in [0.4, 0.5) is 5.69 Å². The van der Waals surface area contributed by atoms with Crippen LogP contribution in [0.2, 0.25) is 0 Å². The zero-order valence-corrected chi connectivity index (χ0v) is 19.4. The number of rotatable bonds is 7. The maximum absolute atomic E-state index is 12.6. The molecule has 1 N–H and O–H groups in total. The fourth-order valence-corrected chi connectivity index (χ4v) is 3.69. The molecule has 1 aliphatic rings. The highest BCUT2D eigenvalue weighted by atomic mass is 16.5. The van der Waals surface area contributed by atoms with E-state index in [2.05, 4.69) is 16.4 Å². The molecule has 2 heterocycles. The smallest absolute Gasteiger partial charge is 0.262 e. The molecule has 0 fully saturated rings. The summed E-state index contributed by atoms with van der Waals surface area (Å²) in [6, 6.07) is 7.30. The number of nitrogens with one attached hydrogen (secondary N) is 1. The Balaban J connectivity index is 1.84. The molecule has 170 valence electrons. The third kappa shape index (κ3) is 4.94. The number of ether oxygens (including phenoxy) is 4. The molecule has 0 saturated carbocycles. The van der Waals surface area contributed by atoms with Gasteiger partial charge in [-0.2, -0.15) is 5.26 Å². The number of amides is 1. The molecule has 0 spiro atoms. The molecule has 1 aliphatic heterocycles. The van der Waals surface area contributed by atoms with Gasteiger partial charge < -0.3 is 24.3 Å². The van der Waals surface area contributed by atoms with Crippen molar-refractivity contribution in [1.29, 1.82) is 5.26 Å². The van der Waals surface area contributed by atoms with Crippen molar-refractivity contribution in [2.45, 2.75) is 52.2 Å². The number of fused-ring (bicyclic) bond motifs is 1. The van der Waals surface area contributed by atoms with Crippen LogP contribution in [-0.4, -0.2) is 37.3 Å². The van der Waals surface area contributed by atoms with Gasteiger partial charge in [0.05, 0.1) is 37.8 Å². The first kappa shape index (κ1) is 23.4. The molecule has 32 heavy (non-hydrogen) atoms. The molecule has 8 nitrogen and oxygen atoms in total. The summed E-state index contributed by atoms with van der Waals surface area (Å²) in [5, 5.41) is 12.6. The highest BCUT2D eigenvalue weighted by Gasteiger charge is 2.33. The van der Waals surface area contributed by atoms with Crippen LogP contribution in [0, 0.1) is 11.3 Å². The van der Waals surface area contributed by atoms with Gasteiger partial charge in [-0.15, -0.1) is 0 Å². The summed E-state index contributed by atoms with van der Waals surface area (Å²) in [7, 11) is 3.06. The van der Waals surface area contributed by atoms with Gasteiger partial charge >= 0.3 is 0 Å². The van der Waals surface area contributed by atoms with Crippen molar-refractivity contribution in [3.8, 4) is 23.4 Å². The number of nitrogens with zero attached hydrogens (tertiary/aromatic N) is 2. The van der Waals surface area contributed by atoms with Gasteiger partial charge in [0, 0.05) is 18.1 Å². The summed E-state index contributed by atoms with van der Waals surface area (Å²) < 4.78 is 22.2. The van der Waals surface area contributed by atoms with Crippen LogP contribution >= 0.6 is 0 Å². The largest absolute Gasteiger partial charge is 0.497 e. The molecule has 1 amide bonds. The van der Waals surface area contributed by atoms with Gasteiger partial charge in [0.1, 0.15) is 23.1 Å². The Kier molecular flexibility index (Phi) is 6.90. The molecule has 2 aromatic rings. The monoisotopic (exact) mass is 439 g/mol. The van der Waals surface area contributed by atoms with E-state index in [1.165, 1.54) is 7.11 Å². The standard InChI is InChI=1S/C24H29N3O5/c1-14(2)22-18-12-32-24(3,4)10-16(18)17(11-25)23(27-22)31-13-21(28)26-19-8-7-15(29-5)9-20(19)30-6/h7-9,14H,10,12-13H2,1-6H3,(H,26,28). The van der Waals surface area contributed by atoms with Gasteiger partial charge in [0.15, 0.2) is 6.61 Å². The number of carbonyl (C=O) groups is 1. The Morgan fingerprint density at radius 1 is 1.28 bits per heavy atom. The average molecular weight is 440 g/mol. The second-order valence-corrected chi connectivity index (χ2v) is 8.53. The quantitative estimate of drug-likeness (QED) is 0.696. The van der Waals surface area contributed by atoms with Crippen LogP contribution in [0.5, 0.6) is 17.4 Å². The Morgan fingerprint density at radius 3 is 2.66 bits per heavy atom. The van der Waals surface area contributed by atoms with Crippen LogP contribution in [0.1, 0.15) is 56.0 Å². The molecule has 0 saturated heterocycles. The van der Waals surface area contributed by atoms with E-state index in [0.29, 0.717) is 35.8 Å². The summed E-state index contributed by atoms with van der Waals surface area (Å²) in [6.45, 7) is 8.13. The number of pyridine rings is 1. The third-order valence-corrected chi connectivity index (χ3v) is 5.30. The SMILES string of the molecule is COc1ccc(NC(=O)COc2nc(C(C)C)c3c(c2C#N)CC(C)(C)OC3)c(OC)c1. The summed E-state index contributed by atoms with van der Waals surface area (Å²) in [4.78, 5) is 17.2. The van der Waals surface area contributed by atoms with E-state index in [9.17, 15) is 10.1 Å². The number of anilines is 1. The number of benzene rings is 1. The number of aromatic nitrogens is 1. The maximum Gasteiger partial charge on any atom is 0.262 e. The number of hydrogen-bond acceptors (Lipinski definition) is 7. The lowest BCUT2D eigenvalue weighted by atomic mass is 9.86. The molecule has 0 atom stereocenters. The lowest BCUT2D eigenvalue weighted by Crippen LogP contribution is -2.33. The van der Waals surface area contributed by atoms with Gasteiger partial charge in [-0.05, 0) is 37.5 Å². The predicted molar refractivity (Wildman–Crippen MR) is 119 cm³/mol. The van der Waals surface area contributed by atoms with Crippen molar-refractivity contribution in [1.82, 2.24) is 4.98 Å². The first-order valence-corrected chi connectivity index (χ1v) is 10.4. The van der Waals surface area contributed by atoms with Gasteiger partial charge in [0.25, 0.3) is 5.91 Å². The van der Waals surface area contributed by atoms with Gasteiger partial charge in [0.2, 0.25) is 5.88 Å². The highest BCUT2D eigenvalue weighted by molar-refractivity contribution is 5.93. The van der Waals surface area contributed by atoms with Crippen LogP contribution in [0.15, 0.2) is 18.2 Å². The number of hydrogen-bond donors (Lipinski definition) is 1. The second kappa shape index (κ2) is 9.45. The summed E-state index contributed by atoms with van der Waals surface area (Å²) >= 11 is 0. The lowest BCUT2D eigenvalue weighted by Gasteiger charge is -2.34. The van der Waals surface area contributed by atoms with Crippen LogP contribution in [0.25, 0.3) is 0 Å². The minimum atomic E-state index is -0.397. The van der Waals surface area contributed by atoms with E-state index in [0.717, 1.165) is 16.8 Å². The van der Waals surface area contributed by atoms with Gasteiger partial charge in [-0.3, -0.25) is 4.79 Å². The first-order chi connectivity index (χ1) is 15.2. The van der Waals surface area contributed by atoms with Gasteiger partial charge in [-0.1, -0.05) is 13.8 Å². The van der Waals surface area contributed by atoms with Crippen LogP contribution in [0.3, 0.4) is 0 Å². The fourth-order valence-electron chi connectivity index (χ4n) is 3.69. The molecule has 0 unspecified atom stereocenters. The second-order valence-electron chi connectivity index (χ2n) is 8.53. The number of methoxy groups -OCH3 is 2. The Bertz CT molecular complexity index is 1060. The number of nitriles is 1. The minimum absolute atomic E-state index is 0.112. The normalized spacial score (nSPS) is 14.3. The van der Waals surface area contributed by atoms with E-state index >= 15 is 0 Å². The Hall–Kier alpha value is -3.31. The average Bonchev–Trinajstić information content (AvgIpc) is 2.76. The number of carbonyl (C=O) groups excluding carboxylic acids is 1. The Morgan fingerprint density at radius 2 is 2.03 bits per heavy atom. The van der Waals surface area contributed by atoms with E-state index < -0.39 is 11.5 Å². The molecule has 0 radical (unpaired) electrons. The molecule has 1 aromatic carbocycles. The Labute approximate surface area is 188 Å². The molecule has 0 bridgehead atoms. The van der Waals surface area contributed by atoms with E-state index in [1.54, 1.807) is 25.3 Å². The van der Waals surface area contributed by atoms with Crippen LogP contribution < -0.4 is 19.5 Å². The summed E-state index contributed by atoms with van der Waals surface area (Å²) in [5.41, 5.74) is 3.10. The van der Waals surface area contributed by atoms with Crippen LogP contribution in [-0.2, 0) is 22.6 Å². The molecule has 3 rings (SSSR count). The van der Waals surface area contributed by atoms with E-state index in [1.807, 2.05) is 27.7 Å². The van der Waals surface area contributed by atoms with Crippen molar-refractivity contribution in [2.75, 3.05) is 26.1 Å². The van der Waals surface area contributed by atoms with E-state index in [4.69, 9.17) is 18.9 Å². The maximum atomic E-state index is 12.6. The zero-order valence-electron chi connectivity index (χ0n) is 19.4. The summed E-state index contributed by atoms with van der Waals surface area (Å²) in [5.74, 6) is 0.963. The predicted octanol–water partition coefficient (Wildman–Crippen LogP) is 3.96.